The molecule has 2 rings (SSSR count). The fourth-order valence-corrected chi connectivity index (χ4v) is 3.22. The van der Waals surface area contributed by atoms with E-state index in [1.165, 1.54) is 17.4 Å². The molecule has 0 saturated carbocycles. The van der Waals surface area contributed by atoms with Crippen LogP contribution in [0.5, 0.6) is 0 Å². The van der Waals surface area contributed by atoms with Crippen molar-refractivity contribution in [2.75, 3.05) is 5.73 Å². The first-order valence-electron chi connectivity index (χ1n) is 5.97. The summed E-state index contributed by atoms with van der Waals surface area (Å²) in [6.07, 6.45) is 0.424. The maximum Gasteiger partial charge on any atom is 0.180 e. The number of hydrogen-bond acceptors (Lipinski definition) is 3. The second-order valence-corrected chi connectivity index (χ2v) is 6.97. The van der Waals surface area contributed by atoms with Crippen LogP contribution in [-0.2, 0) is 11.8 Å². The Bertz CT molecular complexity index is 582. The molecule has 102 valence electrons. The van der Waals surface area contributed by atoms with Gasteiger partial charge in [-0.25, -0.2) is 9.37 Å². The molecular formula is C14H16ClFN2S. The zero-order valence-corrected chi connectivity index (χ0v) is 12.7. The van der Waals surface area contributed by atoms with Crippen molar-refractivity contribution in [2.24, 2.45) is 0 Å². The number of halogens is 2. The van der Waals surface area contributed by atoms with Gasteiger partial charge in [0.1, 0.15) is 5.82 Å². The Morgan fingerprint density at radius 3 is 2.63 bits per heavy atom. The van der Waals surface area contributed by atoms with Gasteiger partial charge in [-0.2, -0.15) is 0 Å². The molecule has 0 fully saturated rings. The topological polar surface area (TPSA) is 38.9 Å². The number of nitrogens with zero attached hydrogens (tertiary/aromatic N) is 1. The van der Waals surface area contributed by atoms with Crippen molar-refractivity contribution in [3.8, 4) is 0 Å². The fraction of sp³-hybridized carbons (Fsp3) is 0.357. The molecule has 0 spiro atoms. The average Bonchev–Trinajstić information content (AvgIpc) is 2.65. The van der Waals surface area contributed by atoms with Crippen LogP contribution in [0, 0.1) is 5.82 Å². The SMILES string of the molecule is CC(C)(C)c1nc(N)sc1Cc1c(F)cccc1Cl. The molecular weight excluding hydrogens is 283 g/mol. The van der Waals surface area contributed by atoms with E-state index in [-0.39, 0.29) is 11.2 Å². The summed E-state index contributed by atoms with van der Waals surface area (Å²) in [6.45, 7) is 6.19. The van der Waals surface area contributed by atoms with Gasteiger partial charge in [0.2, 0.25) is 0 Å². The molecule has 2 nitrogen and oxygen atoms in total. The molecule has 0 bridgehead atoms. The van der Waals surface area contributed by atoms with Crippen LogP contribution >= 0.6 is 22.9 Å². The third kappa shape index (κ3) is 3.07. The Hall–Kier alpha value is -1.13. The summed E-state index contributed by atoms with van der Waals surface area (Å²) < 4.78 is 13.8. The summed E-state index contributed by atoms with van der Waals surface area (Å²) >= 11 is 7.46. The minimum atomic E-state index is -0.292. The monoisotopic (exact) mass is 298 g/mol. The van der Waals surface area contributed by atoms with Gasteiger partial charge >= 0.3 is 0 Å². The summed E-state index contributed by atoms with van der Waals surface area (Å²) in [5.41, 5.74) is 7.07. The quantitative estimate of drug-likeness (QED) is 0.892. The van der Waals surface area contributed by atoms with Crippen LogP contribution in [0.3, 0.4) is 0 Å². The minimum Gasteiger partial charge on any atom is -0.375 e. The van der Waals surface area contributed by atoms with E-state index in [0.29, 0.717) is 22.1 Å². The molecule has 0 aliphatic heterocycles. The summed E-state index contributed by atoms with van der Waals surface area (Å²) in [6, 6.07) is 4.72. The van der Waals surface area contributed by atoms with E-state index in [2.05, 4.69) is 25.8 Å². The Balaban J connectivity index is 2.45. The van der Waals surface area contributed by atoms with Crippen LogP contribution in [-0.4, -0.2) is 4.98 Å². The highest BCUT2D eigenvalue weighted by atomic mass is 35.5. The third-order valence-electron chi connectivity index (χ3n) is 2.82. The normalized spacial score (nSPS) is 11.8. The van der Waals surface area contributed by atoms with Gasteiger partial charge in [-0.05, 0) is 12.1 Å². The predicted octanol–water partition coefficient (Wildman–Crippen LogP) is 4.41. The van der Waals surface area contributed by atoms with Crippen LogP contribution in [0.4, 0.5) is 9.52 Å². The van der Waals surface area contributed by atoms with Gasteiger partial charge in [0.15, 0.2) is 5.13 Å². The number of rotatable bonds is 2. The number of nitrogen functional groups attached to an aromatic ring is 1. The number of aromatic nitrogens is 1. The predicted molar refractivity (Wildman–Crippen MR) is 79.4 cm³/mol. The van der Waals surface area contributed by atoms with E-state index in [1.54, 1.807) is 12.1 Å². The Morgan fingerprint density at radius 1 is 1.37 bits per heavy atom. The van der Waals surface area contributed by atoms with E-state index >= 15 is 0 Å². The standard InChI is InChI=1S/C14H16ClFN2S/c1-14(2,3)12-11(19-13(17)18-12)7-8-9(15)5-4-6-10(8)16/h4-6H,7H2,1-3H3,(H2,17,18). The molecule has 1 heterocycles. The van der Waals surface area contributed by atoms with Gasteiger partial charge in [-0.3, -0.25) is 0 Å². The minimum absolute atomic E-state index is 0.124. The number of benzene rings is 1. The van der Waals surface area contributed by atoms with Gasteiger partial charge in [0.25, 0.3) is 0 Å². The third-order valence-corrected chi connectivity index (χ3v) is 4.06. The first-order valence-corrected chi connectivity index (χ1v) is 7.17. The lowest BCUT2D eigenvalue weighted by atomic mass is 9.90. The fourth-order valence-electron chi connectivity index (χ4n) is 1.94. The first-order chi connectivity index (χ1) is 8.79. The molecule has 2 N–H and O–H groups in total. The second-order valence-electron chi connectivity index (χ2n) is 5.45. The Labute approximate surface area is 121 Å². The lowest BCUT2D eigenvalue weighted by Gasteiger charge is -2.17. The molecule has 1 aromatic heterocycles. The van der Waals surface area contributed by atoms with Crippen molar-refractivity contribution in [2.45, 2.75) is 32.6 Å². The number of hydrogen-bond donors (Lipinski definition) is 1. The molecule has 2 aromatic rings. The number of nitrogens with two attached hydrogens (primary N) is 1. The van der Waals surface area contributed by atoms with E-state index in [9.17, 15) is 4.39 Å². The lowest BCUT2D eigenvalue weighted by Crippen LogP contribution is -2.14. The maximum absolute atomic E-state index is 13.8. The van der Waals surface area contributed by atoms with Gasteiger partial charge < -0.3 is 5.73 Å². The van der Waals surface area contributed by atoms with E-state index < -0.39 is 0 Å². The Morgan fingerprint density at radius 2 is 2.05 bits per heavy atom. The highest BCUT2D eigenvalue weighted by Gasteiger charge is 2.23. The van der Waals surface area contributed by atoms with Gasteiger partial charge in [0, 0.05) is 27.3 Å². The van der Waals surface area contributed by atoms with E-state index in [1.807, 2.05) is 0 Å². The van der Waals surface area contributed by atoms with Crippen LogP contribution in [0.1, 0.15) is 36.9 Å². The molecule has 0 aliphatic rings. The largest absolute Gasteiger partial charge is 0.375 e. The molecule has 0 saturated heterocycles. The number of anilines is 1. The van der Waals surface area contributed by atoms with Gasteiger partial charge in [-0.1, -0.05) is 38.4 Å². The van der Waals surface area contributed by atoms with Crippen molar-refractivity contribution >= 4 is 28.1 Å². The van der Waals surface area contributed by atoms with Crippen LogP contribution in [0.15, 0.2) is 18.2 Å². The molecule has 0 aliphatic carbocycles. The molecule has 5 heteroatoms. The highest BCUT2D eigenvalue weighted by molar-refractivity contribution is 7.15. The van der Waals surface area contributed by atoms with Crippen LogP contribution in [0.2, 0.25) is 5.02 Å². The van der Waals surface area contributed by atoms with Crippen LogP contribution < -0.4 is 5.73 Å². The van der Waals surface area contributed by atoms with Crippen molar-refractivity contribution in [3.63, 3.8) is 0 Å². The molecule has 0 radical (unpaired) electrons. The van der Waals surface area contributed by atoms with E-state index in [4.69, 9.17) is 17.3 Å². The summed E-state index contributed by atoms with van der Waals surface area (Å²) in [5.74, 6) is -0.292. The van der Waals surface area contributed by atoms with Gasteiger partial charge in [0.05, 0.1) is 5.69 Å². The van der Waals surface area contributed by atoms with Crippen molar-refractivity contribution in [1.29, 1.82) is 0 Å². The molecule has 1 aromatic carbocycles. The molecule has 19 heavy (non-hydrogen) atoms. The van der Waals surface area contributed by atoms with Crippen molar-refractivity contribution in [1.82, 2.24) is 4.98 Å². The van der Waals surface area contributed by atoms with Crippen molar-refractivity contribution in [3.05, 3.63) is 45.2 Å². The molecule has 0 atom stereocenters. The maximum atomic E-state index is 13.8. The molecule has 0 unspecified atom stereocenters. The average molecular weight is 299 g/mol. The zero-order chi connectivity index (χ0) is 14.2. The van der Waals surface area contributed by atoms with Crippen LogP contribution in [0.25, 0.3) is 0 Å². The summed E-state index contributed by atoms with van der Waals surface area (Å²) in [7, 11) is 0. The Kier molecular flexibility index (Phi) is 3.83. The summed E-state index contributed by atoms with van der Waals surface area (Å²) in [4.78, 5) is 5.34. The zero-order valence-electron chi connectivity index (χ0n) is 11.1. The molecule has 0 amide bonds. The van der Waals surface area contributed by atoms with E-state index in [0.717, 1.165) is 10.6 Å². The highest BCUT2D eigenvalue weighted by Crippen LogP contribution is 2.34. The second kappa shape index (κ2) is 5.10. The first kappa shape index (κ1) is 14.3. The van der Waals surface area contributed by atoms with Crippen molar-refractivity contribution < 1.29 is 4.39 Å². The van der Waals surface area contributed by atoms with Gasteiger partial charge in [-0.15, -0.1) is 11.3 Å². The summed E-state index contributed by atoms with van der Waals surface area (Å²) in [5, 5.41) is 0.944. The lowest BCUT2D eigenvalue weighted by molar-refractivity contribution is 0.566. The smallest absolute Gasteiger partial charge is 0.180 e. The number of thiazole rings is 1.